The van der Waals surface area contributed by atoms with E-state index in [2.05, 4.69) is 5.32 Å². The molecule has 196 valence electrons. The number of methoxy groups -OCH3 is 1. The van der Waals surface area contributed by atoms with Gasteiger partial charge in [-0.1, -0.05) is 60.1 Å². The van der Waals surface area contributed by atoms with Gasteiger partial charge in [0.25, 0.3) is 5.91 Å². The third-order valence-corrected chi connectivity index (χ3v) is 6.01. The second-order valence-electron chi connectivity index (χ2n) is 8.72. The molecule has 0 heterocycles. The van der Waals surface area contributed by atoms with E-state index >= 15 is 0 Å². The third kappa shape index (κ3) is 7.64. The highest BCUT2D eigenvalue weighted by molar-refractivity contribution is 6.30. The Bertz CT molecular complexity index is 1530. The molecule has 1 N–H and O–H groups in total. The van der Waals surface area contributed by atoms with Crippen LogP contribution in [-0.4, -0.2) is 13.0 Å². The van der Waals surface area contributed by atoms with E-state index in [0.717, 1.165) is 16.7 Å². The number of nitrogens with one attached hydrogen (secondary N) is 1. The molecule has 0 fully saturated rings. The van der Waals surface area contributed by atoms with Crippen LogP contribution in [0.15, 0.2) is 96.6 Å². The average molecular weight is 539 g/mol. The Hall–Kier alpha value is -4.73. The molecule has 0 aromatic heterocycles. The highest BCUT2D eigenvalue weighted by atomic mass is 35.5. The summed E-state index contributed by atoms with van der Waals surface area (Å²) in [5, 5.41) is 12.9. The molecule has 0 unspecified atom stereocenters. The minimum Gasteiger partial charge on any atom is -0.493 e. The fourth-order valence-electron chi connectivity index (χ4n) is 3.81. The standard InChI is InChI=1S/C32H27ClN2O4/c1-22-7-6-10-28(15-22)35-32(36)26(19-34)17-25-18-27(33)12-14-29(25)38-21-24-11-13-30(31(16-24)37-2)39-20-23-8-4-3-5-9-23/h3-18H,20-21H2,1-2H3,(H,35,36)/b26-17+. The van der Waals surface area contributed by atoms with E-state index in [1.165, 1.54) is 6.08 Å². The molecular formula is C32H27ClN2O4. The summed E-state index contributed by atoms with van der Waals surface area (Å²) in [7, 11) is 1.59. The highest BCUT2D eigenvalue weighted by Crippen LogP contribution is 2.31. The van der Waals surface area contributed by atoms with Gasteiger partial charge in [-0.2, -0.15) is 5.26 Å². The smallest absolute Gasteiger partial charge is 0.266 e. The fraction of sp³-hybridized carbons (Fsp3) is 0.125. The molecule has 0 atom stereocenters. The third-order valence-electron chi connectivity index (χ3n) is 5.77. The molecular weight excluding hydrogens is 512 g/mol. The Balaban J connectivity index is 1.48. The van der Waals surface area contributed by atoms with E-state index in [4.69, 9.17) is 25.8 Å². The van der Waals surface area contributed by atoms with Crippen LogP contribution in [0.3, 0.4) is 0 Å². The molecule has 1 amide bonds. The Morgan fingerprint density at radius 1 is 0.872 bits per heavy atom. The van der Waals surface area contributed by atoms with Crippen LogP contribution in [0, 0.1) is 18.3 Å². The predicted molar refractivity (Wildman–Crippen MR) is 153 cm³/mol. The van der Waals surface area contributed by atoms with Crippen LogP contribution in [0.4, 0.5) is 5.69 Å². The van der Waals surface area contributed by atoms with Gasteiger partial charge < -0.3 is 19.5 Å². The van der Waals surface area contributed by atoms with Crippen molar-refractivity contribution in [1.82, 2.24) is 0 Å². The SMILES string of the molecule is COc1cc(COc2ccc(Cl)cc2/C=C(\C#N)C(=O)Nc2cccc(C)c2)ccc1OCc1ccccc1. The zero-order valence-corrected chi connectivity index (χ0v) is 22.4. The highest BCUT2D eigenvalue weighted by Gasteiger charge is 2.13. The molecule has 0 saturated heterocycles. The van der Waals surface area contributed by atoms with E-state index in [1.54, 1.807) is 31.4 Å². The summed E-state index contributed by atoms with van der Waals surface area (Å²) in [6.07, 6.45) is 1.47. The molecule has 0 aliphatic rings. The van der Waals surface area contributed by atoms with Crippen molar-refractivity contribution in [3.63, 3.8) is 0 Å². The predicted octanol–water partition coefficient (Wildman–Crippen LogP) is 7.36. The lowest BCUT2D eigenvalue weighted by atomic mass is 10.1. The van der Waals surface area contributed by atoms with Gasteiger partial charge in [-0.3, -0.25) is 4.79 Å². The van der Waals surface area contributed by atoms with Crippen LogP contribution in [0.25, 0.3) is 6.08 Å². The molecule has 7 heteroatoms. The second-order valence-corrected chi connectivity index (χ2v) is 9.16. The summed E-state index contributed by atoms with van der Waals surface area (Å²) in [6, 6.07) is 29.8. The molecule has 4 rings (SSSR count). The first-order valence-corrected chi connectivity index (χ1v) is 12.6. The maximum absolute atomic E-state index is 12.8. The Morgan fingerprint density at radius 3 is 2.36 bits per heavy atom. The summed E-state index contributed by atoms with van der Waals surface area (Å²) < 4.78 is 17.5. The van der Waals surface area contributed by atoms with Crippen molar-refractivity contribution in [3.05, 3.63) is 124 Å². The van der Waals surface area contributed by atoms with Gasteiger partial charge in [0.2, 0.25) is 0 Å². The number of carbonyl (C=O) groups is 1. The molecule has 39 heavy (non-hydrogen) atoms. The molecule has 0 saturated carbocycles. The van der Waals surface area contributed by atoms with E-state index in [9.17, 15) is 10.1 Å². The van der Waals surface area contributed by atoms with Crippen LogP contribution in [-0.2, 0) is 18.0 Å². The van der Waals surface area contributed by atoms with Gasteiger partial charge in [-0.25, -0.2) is 0 Å². The fourth-order valence-corrected chi connectivity index (χ4v) is 3.99. The molecule has 0 spiro atoms. The number of nitrogens with zero attached hydrogens (tertiary/aromatic N) is 1. The molecule has 6 nitrogen and oxygen atoms in total. The first-order valence-electron chi connectivity index (χ1n) is 12.2. The number of nitriles is 1. The van der Waals surface area contributed by atoms with E-state index < -0.39 is 5.91 Å². The zero-order valence-electron chi connectivity index (χ0n) is 21.6. The molecule has 0 bridgehead atoms. The van der Waals surface area contributed by atoms with Crippen LogP contribution in [0.5, 0.6) is 17.2 Å². The normalized spacial score (nSPS) is 10.9. The number of ether oxygens (including phenoxy) is 3. The monoisotopic (exact) mass is 538 g/mol. The largest absolute Gasteiger partial charge is 0.493 e. The van der Waals surface area contributed by atoms with Crippen molar-refractivity contribution in [2.24, 2.45) is 0 Å². The molecule has 0 radical (unpaired) electrons. The van der Waals surface area contributed by atoms with E-state index in [1.807, 2.05) is 79.7 Å². The number of hydrogen-bond acceptors (Lipinski definition) is 5. The van der Waals surface area contributed by atoms with Crippen LogP contribution in [0.2, 0.25) is 5.02 Å². The quantitative estimate of drug-likeness (QED) is 0.168. The minimum absolute atomic E-state index is 0.0785. The number of aryl methyl sites for hydroxylation is 1. The van der Waals surface area contributed by atoms with Gasteiger partial charge >= 0.3 is 0 Å². The lowest BCUT2D eigenvalue weighted by Crippen LogP contribution is -2.13. The maximum Gasteiger partial charge on any atom is 0.266 e. The van der Waals surface area contributed by atoms with Crippen molar-refractivity contribution in [2.45, 2.75) is 20.1 Å². The van der Waals surface area contributed by atoms with Gasteiger partial charge in [-0.05, 0) is 72.2 Å². The van der Waals surface area contributed by atoms with E-state index in [0.29, 0.717) is 40.1 Å². The Labute approximate surface area is 233 Å². The maximum atomic E-state index is 12.8. The first-order chi connectivity index (χ1) is 18.9. The van der Waals surface area contributed by atoms with Gasteiger partial charge in [0, 0.05) is 16.3 Å². The Morgan fingerprint density at radius 2 is 1.62 bits per heavy atom. The minimum atomic E-state index is -0.523. The zero-order chi connectivity index (χ0) is 27.6. The molecule has 4 aromatic carbocycles. The topological polar surface area (TPSA) is 80.6 Å². The lowest BCUT2D eigenvalue weighted by molar-refractivity contribution is -0.112. The van der Waals surface area contributed by atoms with Crippen LogP contribution >= 0.6 is 11.6 Å². The van der Waals surface area contributed by atoms with Crippen molar-refractivity contribution in [3.8, 4) is 23.3 Å². The van der Waals surface area contributed by atoms with Crippen molar-refractivity contribution >= 4 is 29.3 Å². The Kier molecular flexibility index (Phi) is 9.23. The number of benzene rings is 4. The van der Waals surface area contributed by atoms with E-state index in [-0.39, 0.29) is 12.2 Å². The molecule has 0 aliphatic carbocycles. The summed E-state index contributed by atoms with van der Waals surface area (Å²) in [4.78, 5) is 12.8. The van der Waals surface area contributed by atoms with Crippen molar-refractivity contribution < 1.29 is 19.0 Å². The van der Waals surface area contributed by atoms with Gasteiger partial charge in [0.15, 0.2) is 11.5 Å². The molecule has 4 aromatic rings. The molecule has 0 aliphatic heterocycles. The number of rotatable bonds is 10. The number of amides is 1. The number of anilines is 1. The van der Waals surface area contributed by atoms with Crippen LogP contribution < -0.4 is 19.5 Å². The van der Waals surface area contributed by atoms with Crippen molar-refractivity contribution in [2.75, 3.05) is 12.4 Å². The average Bonchev–Trinajstić information content (AvgIpc) is 2.95. The number of hydrogen-bond donors (Lipinski definition) is 1. The number of carbonyl (C=O) groups excluding carboxylic acids is 1. The van der Waals surface area contributed by atoms with Gasteiger partial charge in [0.05, 0.1) is 7.11 Å². The van der Waals surface area contributed by atoms with Gasteiger partial charge in [-0.15, -0.1) is 0 Å². The summed E-state index contributed by atoms with van der Waals surface area (Å²) >= 11 is 6.22. The summed E-state index contributed by atoms with van der Waals surface area (Å²) in [6.45, 7) is 2.56. The van der Waals surface area contributed by atoms with Crippen molar-refractivity contribution in [1.29, 1.82) is 5.26 Å². The first kappa shape index (κ1) is 27.3. The lowest BCUT2D eigenvalue weighted by Gasteiger charge is -2.14. The second kappa shape index (κ2) is 13.2. The summed E-state index contributed by atoms with van der Waals surface area (Å²) in [5.74, 6) is 1.16. The number of halogens is 1. The van der Waals surface area contributed by atoms with Crippen LogP contribution in [0.1, 0.15) is 22.3 Å². The van der Waals surface area contributed by atoms with Gasteiger partial charge in [0.1, 0.15) is 30.6 Å². The summed E-state index contributed by atoms with van der Waals surface area (Å²) in [5.41, 5.74) is 3.93.